The molecule has 0 amide bonds. The van der Waals surface area contributed by atoms with Crippen molar-refractivity contribution in [3.63, 3.8) is 0 Å². The number of carbonyl (C=O) groups excluding carboxylic acids is 1. The molecule has 0 aliphatic carbocycles. The molecule has 12 heavy (non-hydrogen) atoms. The van der Waals surface area contributed by atoms with E-state index in [4.69, 9.17) is 0 Å². The van der Waals surface area contributed by atoms with Crippen molar-refractivity contribution < 1.29 is 4.79 Å². The van der Waals surface area contributed by atoms with Crippen molar-refractivity contribution >= 4 is 6.29 Å². The maximum absolute atomic E-state index is 10.5. The Morgan fingerprint density at radius 1 is 1.17 bits per heavy atom. The highest BCUT2D eigenvalue weighted by Gasteiger charge is 2.11. The van der Waals surface area contributed by atoms with Crippen LogP contribution in [0.5, 0.6) is 0 Å². The second-order valence-corrected chi connectivity index (χ2v) is 3.19. The molecule has 0 saturated heterocycles. The van der Waals surface area contributed by atoms with Gasteiger partial charge in [-0.05, 0) is 11.5 Å². The van der Waals surface area contributed by atoms with Gasteiger partial charge in [0.1, 0.15) is 6.29 Å². The monoisotopic (exact) mass is 162 g/mol. The van der Waals surface area contributed by atoms with Crippen LogP contribution >= 0.6 is 0 Å². The molecule has 0 saturated carbocycles. The van der Waals surface area contributed by atoms with E-state index >= 15 is 0 Å². The van der Waals surface area contributed by atoms with E-state index in [1.54, 1.807) is 0 Å². The van der Waals surface area contributed by atoms with Crippen LogP contribution in [0.1, 0.15) is 25.3 Å². The molecule has 0 spiro atoms. The zero-order chi connectivity index (χ0) is 8.97. The van der Waals surface area contributed by atoms with Crippen molar-refractivity contribution in [3.8, 4) is 0 Å². The van der Waals surface area contributed by atoms with Gasteiger partial charge in [0.05, 0.1) is 0 Å². The number of carbonyl (C=O) groups is 1. The predicted molar refractivity (Wildman–Crippen MR) is 50.1 cm³/mol. The molecule has 1 rings (SSSR count). The maximum atomic E-state index is 10.5. The Bertz CT molecular complexity index is 240. The van der Waals surface area contributed by atoms with Crippen LogP contribution in [0.4, 0.5) is 0 Å². The molecule has 1 aromatic rings. The second kappa shape index (κ2) is 4.05. The van der Waals surface area contributed by atoms with E-state index in [9.17, 15) is 4.79 Å². The normalized spacial score (nSPS) is 15.2. The molecule has 0 heterocycles. The third kappa shape index (κ3) is 1.94. The zero-order valence-electron chi connectivity index (χ0n) is 7.53. The zero-order valence-corrected chi connectivity index (χ0v) is 7.53. The van der Waals surface area contributed by atoms with E-state index in [0.717, 1.165) is 6.29 Å². The van der Waals surface area contributed by atoms with Gasteiger partial charge in [-0.3, -0.25) is 0 Å². The van der Waals surface area contributed by atoms with Crippen molar-refractivity contribution in [2.45, 2.75) is 19.8 Å². The van der Waals surface area contributed by atoms with Gasteiger partial charge in [-0.2, -0.15) is 0 Å². The summed E-state index contributed by atoms with van der Waals surface area (Å²) < 4.78 is 0. The van der Waals surface area contributed by atoms with Gasteiger partial charge >= 0.3 is 0 Å². The minimum absolute atomic E-state index is 0.104. The molecule has 1 heteroatoms. The van der Waals surface area contributed by atoms with Gasteiger partial charge in [0, 0.05) is 5.92 Å². The fourth-order valence-electron chi connectivity index (χ4n) is 1.18. The number of rotatable bonds is 3. The van der Waals surface area contributed by atoms with Gasteiger partial charge in [0.15, 0.2) is 0 Å². The molecule has 2 atom stereocenters. The number of hydrogen-bond donors (Lipinski definition) is 0. The van der Waals surface area contributed by atoms with Crippen molar-refractivity contribution in [2.75, 3.05) is 0 Å². The summed E-state index contributed by atoms with van der Waals surface area (Å²) in [5.74, 6) is 0.427. The molecule has 0 aliphatic rings. The van der Waals surface area contributed by atoms with Crippen LogP contribution in [0.2, 0.25) is 0 Å². The molecule has 0 N–H and O–H groups in total. The van der Waals surface area contributed by atoms with Crippen LogP contribution in [0.15, 0.2) is 30.3 Å². The SMILES string of the molecule is CC(C=O)C(C)c1ccccc1. The first-order valence-corrected chi connectivity index (χ1v) is 4.26. The minimum atomic E-state index is 0.104. The largest absolute Gasteiger partial charge is 0.303 e. The summed E-state index contributed by atoms with van der Waals surface area (Å²) in [6.45, 7) is 4.03. The lowest BCUT2D eigenvalue weighted by atomic mass is 9.90. The summed E-state index contributed by atoms with van der Waals surface area (Å²) in [5, 5.41) is 0. The van der Waals surface area contributed by atoms with Gasteiger partial charge in [-0.25, -0.2) is 0 Å². The van der Waals surface area contributed by atoms with Gasteiger partial charge in [-0.1, -0.05) is 44.2 Å². The Morgan fingerprint density at radius 2 is 1.75 bits per heavy atom. The summed E-state index contributed by atoms with van der Waals surface area (Å²) in [6, 6.07) is 10.1. The number of hydrogen-bond acceptors (Lipinski definition) is 1. The number of benzene rings is 1. The van der Waals surface area contributed by atoms with Gasteiger partial charge in [-0.15, -0.1) is 0 Å². The summed E-state index contributed by atoms with van der Waals surface area (Å²) in [5.41, 5.74) is 1.23. The molecular formula is C11H14O. The van der Waals surface area contributed by atoms with E-state index in [-0.39, 0.29) is 5.92 Å². The lowest BCUT2D eigenvalue weighted by Gasteiger charge is -2.13. The second-order valence-electron chi connectivity index (χ2n) is 3.19. The molecule has 0 aromatic heterocycles. The predicted octanol–water partition coefficient (Wildman–Crippen LogP) is 2.63. The lowest BCUT2D eigenvalue weighted by Crippen LogP contribution is -2.06. The summed E-state index contributed by atoms with van der Waals surface area (Å²) >= 11 is 0. The van der Waals surface area contributed by atoms with E-state index < -0.39 is 0 Å². The van der Waals surface area contributed by atoms with Crippen molar-refractivity contribution in [2.24, 2.45) is 5.92 Å². The van der Waals surface area contributed by atoms with E-state index in [0.29, 0.717) is 5.92 Å². The molecule has 1 aromatic carbocycles. The van der Waals surface area contributed by atoms with Gasteiger partial charge in [0.2, 0.25) is 0 Å². The highest BCUT2D eigenvalue weighted by molar-refractivity contribution is 5.55. The molecule has 0 bridgehead atoms. The van der Waals surface area contributed by atoms with Crippen LogP contribution in [0, 0.1) is 5.92 Å². The van der Waals surface area contributed by atoms with E-state index in [1.165, 1.54) is 5.56 Å². The molecule has 0 fully saturated rings. The minimum Gasteiger partial charge on any atom is -0.303 e. The smallest absolute Gasteiger partial charge is 0.123 e. The Morgan fingerprint density at radius 3 is 2.25 bits per heavy atom. The Hall–Kier alpha value is -1.11. The molecule has 64 valence electrons. The van der Waals surface area contributed by atoms with Crippen LogP contribution in [-0.4, -0.2) is 6.29 Å². The van der Waals surface area contributed by atoms with E-state index in [2.05, 4.69) is 19.1 Å². The summed E-state index contributed by atoms with van der Waals surface area (Å²) in [4.78, 5) is 10.5. The fraction of sp³-hybridized carbons (Fsp3) is 0.364. The topological polar surface area (TPSA) is 17.1 Å². The average Bonchev–Trinajstić information content (AvgIpc) is 2.17. The molecule has 2 unspecified atom stereocenters. The standard InChI is InChI=1S/C11H14O/c1-9(8-12)10(2)11-6-4-3-5-7-11/h3-10H,1-2H3. The Labute approximate surface area is 73.4 Å². The summed E-state index contributed by atoms with van der Waals surface area (Å²) in [7, 11) is 0. The van der Waals surface area contributed by atoms with E-state index in [1.807, 2.05) is 25.1 Å². The van der Waals surface area contributed by atoms with Crippen LogP contribution in [-0.2, 0) is 4.79 Å². The lowest BCUT2D eigenvalue weighted by molar-refractivity contribution is -0.111. The Balaban J connectivity index is 2.78. The molecule has 1 nitrogen and oxygen atoms in total. The highest BCUT2D eigenvalue weighted by Crippen LogP contribution is 2.21. The van der Waals surface area contributed by atoms with Gasteiger partial charge < -0.3 is 4.79 Å². The van der Waals surface area contributed by atoms with Crippen molar-refractivity contribution in [3.05, 3.63) is 35.9 Å². The highest BCUT2D eigenvalue weighted by atomic mass is 16.1. The summed E-state index contributed by atoms with van der Waals surface area (Å²) in [6.07, 6.45) is 1.01. The first-order chi connectivity index (χ1) is 5.75. The number of aldehydes is 1. The Kier molecular flexibility index (Phi) is 3.03. The van der Waals surface area contributed by atoms with Gasteiger partial charge in [0.25, 0.3) is 0 Å². The quantitative estimate of drug-likeness (QED) is 0.624. The van der Waals surface area contributed by atoms with Crippen LogP contribution in [0.25, 0.3) is 0 Å². The third-order valence-electron chi connectivity index (χ3n) is 2.33. The van der Waals surface area contributed by atoms with Crippen LogP contribution in [0.3, 0.4) is 0 Å². The maximum Gasteiger partial charge on any atom is 0.123 e. The average molecular weight is 162 g/mol. The van der Waals surface area contributed by atoms with Crippen LogP contribution < -0.4 is 0 Å². The molecular weight excluding hydrogens is 148 g/mol. The fourth-order valence-corrected chi connectivity index (χ4v) is 1.18. The third-order valence-corrected chi connectivity index (χ3v) is 2.33. The molecule has 0 aliphatic heterocycles. The van der Waals surface area contributed by atoms with Crippen molar-refractivity contribution in [1.29, 1.82) is 0 Å². The first-order valence-electron chi connectivity index (χ1n) is 4.26. The van der Waals surface area contributed by atoms with Crippen molar-refractivity contribution in [1.82, 2.24) is 0 Å². The molecule has 0 radical (unpaired) electrons. The first kappa shape index (κ1) is 8.98.